The van der Waals surface area contributed by atoms with Crippen LogP contribution in [-0.2, 0) is 6.54 Å². The minimum absolute atomic E-state index is 0.160. The molecule has 1 fully saturated rings. The standard InChI is InChI=1S/C23H26N6O3/c1-14-22(30)27-19-9-15-12-28-6-7-29(16-3-4-18(25-11-16)23(31)24-2)13-17(28)5-8-32-21(15)10-20(19)26-14/h3-4,9-11,17H,5-8,12-13H2,1-2H3,(H,24,31)(H,27,30). The van der Waals surface area contributed by atoms with Gasteiger partial charge in [0, 0.05) is 50.9 Å². The smallest absolute Gasteiger partial charge is 0.269 e. The highest BCUT2D eigenvalue weighted by atomic mass is 16.5. The highest BCUT2D eigenvalue weighted by Crippen LogP contribution is 2.30. The molecule has 1 saturated heterocycles. The van der Waals surface area contributed by atoms with E-state index in [0.717, 1.165) is 60.6 Å². The summed E-state index contributed by atoms with van der Waals surface area (Å²) in [5.41, 5.74) is 4.28. The molecule has 2 aliphatic rings. The summed E-state index contributed by atoms with van der Waals surface area (Å²) in [6.07, 6.45) is 2.68. The van der Waals surface area contributed by atoms with Gasteiger partial charge in [-0.15, -0.1) is 0 Å². The van der Waals surface area contributed by atoms with Crippen molar-refractivity contribution < 1.29 is 9.53 Å². The molecule has 1 unspecified atom stereocenters. The lowest BCUT2D eigenvalue weighted by atomic mass is 10.0. The minimum Gasteiger partial charge on any atom is -0.493 e. The molecule has 2 aliphatic heterocycles. The Bertz CT molecular complexity index is 1220. The van der Waals surface area contributed by atoms with Crippen molar-refractivity contribution in [3.63, 3.8) is 0 Å². The van der Waals surface area contributed by atoms with Crippen molar-refractivity contribution in [2.75, 3.05) is 38.2 Å². The number of hydrogen-bond acceptors (Lipinski definition) is 7. The molecule has 0 radical (unpaired) electrons. The Hall–Kier alpha value is -3.46. The van der Waals surface area contributed by atoms with E-state index < -0.39 is 0 Å². The van der Waals surface area contributed by atoms with E-state index in [-0.39, 0.29) is 11.5 Å². The van der Waals surface area contributed by atoms with Crippen LogP contribution in [0.1, 0.15) is 28.2 Å². The predicted molar refractivity (Wildman–Crippen MR) is 121 cm³/mol. The first-order valence-corrected chi connectivity index (χ1v) is 10.9. The van der Waals surface area contributed by atoms with E-state index in [4.69, 9.17) is 4.74 Å². The summed E-state index contributed by atoms with van der Waals surface area (Å²) in [6, 6.07) is 7.99. The van der Waals surface area contributed by atoms with Crippen molar-refractivity contribution in [3.8, 4) is 5.75 Å². The number of H-pyrrole nitrogens is 1. The topological polar surface area (TPSA) is 103 Å². The summed E-state index contributed by atoms with van der Waals surface area (Å²) < 4.78 is 6.12. The van der Waals surface area contributed by atoms with Gasteiger partial charge in [0.05, 0.1) is 29.5 Å². The molecule has 0 bridgehead atoms. The fourth-order valence-corrected chi connectivity index (χ4v) is 4.48. The number of benzene rings is 1. The van der Waals surface area contributed by atoms with E-state index in [1.54, 1.807) is 26.2 Å². The highest BCUT2D eigenvalue weighted by Gasteiger charge is 2.30. The number of nitrogens with one attached hydrogen (secondary N) is 2. The summed E-state index contributed by atoms with van der Waals surface area (Å²) in [7, 11) is 1.60. The highest BCUT2D eigenvalue weighted by molar-refractivity contribution is 5.92. The third kappa shape index (κ3) is 3.80. The van der Waals surface area contributed by atoms with Crippen molar-refractivity contribution in [1.29, 1.82) is 0 Å². The van der Waals surface area contributed by atoms with E-state index in [9.17, 15) is 9.59 Å². The summed E-state index contributed by atoms with van der Waals surface area (Å²) in [6.45, 7) is 5.73. The molecule has 4 heterocycles. The van der Waals surface area contributed by atoms with Crippen molar-refractivity contribution in [2.24, 2.45) is 0 Å². The number of rotatable bonds is 2. The lowest BCUT2D eigenvalue weighted by molar-refractivity contribution is 0.0958. The van der Waals surface area contributed by atoms with E-state index in [1.165, 1.54) is 0 Å². The predicted octanol–water partition coefficient (Wildman–Crippen LogP) is 1.46. The number of carbonyl (C=O) groups is 1. The van der Waals surface area contributed by atoms with Crippen molar-refractivity contribution >= 4 is 22.6 Å². The Morgan fingerprint density at radius 2 is 2.16 bits per heavy atom. The average molecular weight is 435 g/mol. The second kappa shape index (κ2) is 8.23. The maximum absolute atomic E-state index is 12.0. The number of carbonyl (C=O) groups excluding carboxylic acids is 1. The number of ether oxygens (including phenoxy) is 1. The van der Waals surface area contributed by atoms with Gasteiger partial charge in [0.2, 0.25) is 0 Å². The van der Waals surface area contributed by atoms with E-state index in [2.05, 4.69) is 30.1 Å². The SMILES string of the molecule is CNC(=O)c1ccc(N2CCN3Cc4cc5[nH]c(=O)c(C)nc5cc4OCCC3C2)cn1. The fraction of sp³-hybridized carbons (Fsp3) is 0.391. The number of pyridine rings is 1. The van der Waals surface area contributed by atoms with Crippen LogP contribution in [0.25, 0.3) is 11.0 Å². The van der Waals surface area contributed by atoms with Crippen LogP contribution in [0.5, 0.6) is 5.75 Å². The number of fused-ring (bicyclic) bond motifs is 3. The molecule has 166 valence electrons. The first kappa shape index (κ1) is 20.4. The van der Waals surface area contributed by atoms with Gasteiger partial charge in [0.15, 0.2) is 0 Å². The van der Waals surface area contributed by atoms with Gasteiger partial charge in [-0.25, -0.2) is 9.97 Å². The van der Waals surface area contributed by atoms with Gasteiger partial charge in [-0.1, -0.05) is 0 Å². The van der Waals surface area contributed by atoms with Gasteiger partial charge >= 0.3 is 0 Å². The number of hydrogen-bond donors (Lipinski definition) is 2. The Kier molecular flexibility index (Phi) is 5.26. The zero-order chi connectivity index (χ0) is 22.2. The monoisotopic (exact) mass is 434 g/mol. The van der Waals surface area contributed by atoms with Gasteiger partial charge in [-0.05, 0) is 31.5 Å². The first-order valence-electron chi connectivity index (χ1n) is 10.9. The molecule has 9 nitrogen and oxygen atoms in total. The van der Waals surface area contributed by atoms with Crippen LogP contribution in [0.15, 0.2) is 35.3 Å². The second-order valence-electron chi connectivity index (χ2n) is 8.32. The second-order valence-corrected chi connectivity index (χ2v) is 8.32. The summed E-state index contributed by atoms with van der Waals surface area (Å²) >= 11 is 0. The lowest BCUT2D eigenvalue weighted by Gasteiger charge is -2.43. The molecule has 0 saturated carbocycles. The third-order valence-corrected chi connectivity index (χ3v) is 6.30. The molecule has 3 aromatic rings. The lowest BCUT2D eigenvalue weighted by Crippen LogP contribution is -2.53. The molecule has 2 aromatic heterocycles. The minimum atomic E-state index is -0.184. The molecule has 1 aromatic carbocycles. The van der Waals surface area contributed by atoms with E-state index in [1.807, 2.05) is 18.2 Å². The third-order valence-electron chi connectivity index (χ3n) is 6.30. The summed E-state index contributed by atoms with van der Waals surface area (Å²) in [5, 5.41) is 2.60. The summed E-state index contributed by atoms with van der Waals surface area (Å²) in [4.78, 5) is 40.2. The van der Waals surface area contributed by atoms with Crippen molar-refractivity contribution in [2.45, 2.75) is 25.9 Å². The van der Waals surface area contributed by atoms with Crippen LogP contribution in [0.4, 0.5) is 5.69 Å². The van der Waals surface area contributed by atoms with Gasteiger partial charge in [-0.2, -0.15) is 0 Å². The Balaban J connectivity index is 1.36. The Morgan fingerprint density at radius 3 is 2.94 bits per heavy atom. The number of anilines is 1. The number of aryl methyl sites for hydroxylation is 1. The molecule has 0 aliphatic carbocycles. The Labute approximate surface area is 185 Å². The van der Waals surface area contributed by atoms with Crippen LogP contribution in [0, 0.1) is 6.92 Å². The van der Waals surface area contributed by atoms with Crippen LogP contribution >= 0.6 is 0 Å². The van der Waals surface area contributed by atoms with Gasteiger partial charge in [0.1, 0.15) is 17.1 Å². The molecule has 0 spiro atoms. The number of amides is 1. The molecule has 9 heteroatoms. The molecule has 5 rings (SSSR count). The molecular formula is C23H26N6O3. The van der Waals surface area contributed by atoms with Crippen LogP contribution in [0.2, 0.25) is 0 Å². The normalized spacial score (nSPS) is 18.8. The number of nitrogens with zero attached hydrogens (tertiary/aromatic N) is 4. The maximum atomic E-state index is 12.0. The van der Waals surface area contributed by atoms with Crippen LogP contribution in [-0.4, -0.2) is 65.1 Å². The molecule has 32 heavy (non-hydrogen) atoms. The number of aromatic amines is 1. The number of piperazine rings is 1. The zero-order valence-corrected chi connectivity index (χ0v) is 18.2. The zero-order valence-electron chi connectivity index (χ0n) is 18.2. The van der Waals surface area contributed by atoms with Crippen LogP contribution in [0.3, 0.4) is 0 Å². The van der Waals surface area contributed by atoms with E-state index >= 15 is 0 Å². The molecule has 1 amide bonds. The van der Waals surface area contributed by atoms with Crippen LogP contribution < -0.4 is 20.5 Å². The molecular weight excluding hydrogens is 408 g/mol. The van der Waals surface area contributed by atoms with Gasteiger partial charge in [-0.3, -0.25) is 14.5 Å². The molecule has 2 N–H and O–H groups in total. The van der Waals surface area contributed by atoms with Gasteiger partial charge in [0.25, 0.3) is 11.5 Å². The van der Waals surface area contributed by atoms with E-state index in [0.29, 0.717) is 24.0 Å². The fourth-order valence-electron chi connectivity index (χ4n) is 4.48. The largest absolute Gasteiger partial charge is 0.493 e. The summed E-state index contributed by atoms with van der Waals surface area (Å²) in [5.74, 6) is 0.655. The first-order chi connectivity index (χ1) is 15.5. The van der Waals surface area contributed by atoms with Crippen molar-refractivity contribution in [1.82, 2.24) is 25.2 Å². The quantitative estimate of drug-likeness (QED) is 0.629. The van der Waals surface area contributed by atoms with Crippen molar-refractivity contribution in [3.05, 3.63) is 57.8 Å². The Morgan fingerprint density at radius 1 is 1.28 bits per heavy atom. The van der Waals surface area contributed by atoms with Gasteiger partial charge < -0.3 is 19.9 Å². The average Bonchev–Trinajstić information content (AvgIpc) is 2.79. The number of aromatic nitrogens is 3. The maximum Gasteiger partial charge on any atom is 0.269 e. The molecule has 1 atom stereocenters.